The Morgan fingerprint density at radius 3 is 2.50 bits per heavy atom. The molecule has 0 saturated heterocycles. The molecule has 0 radical (unpaired) electrons. The van der Waals surface area contributed by atoms with E-state index in [9.17, 15) is 0 Å². The number of benzene rings is 1. The SMILES string of the molecule is CCOc1ccc(C(NC)c2ccccn2)cc1. The maximum Gasteiger partial charge on any atom is 0.119 e. The van der Waals surface area contributed by atoms with Crippen LogP contribution >= 0.6 is 0 Å². The van der Waals surface area contributed by atoms with E-state index >= 15 is 0 Å². The first-order valence-electron chi connectivity index (χ1n) is 6.16. The highest BCUT2D eigenvalue weighted by Crippen LogP contribution is 2.22. The smallest absolute Gasteiger partial charge is 0.119 e. The molecule has 2 aromatic rings. The molecular formula is C15H18N2O. The van der Waals surface area contributed by atoms with Crippen LogP contribution in [0.5, 0.6) is 5.75 Å². The van der Waals surface area contributed by atoms with Crippen molar-refractivity contribution < 1.29 is 4.74 Å². The average molecular weight is 242 g/mol. The molecule has 3 nitrogen and oxygen atoms in total. The molecule has 0 aliphatic rings. The lowest BCUT2D eigenvalue weighted by atomic mass is 10.0. The van der Waals surface area contributed by atoms with E-state index in [0.717, 1.165) is 11.4 Å². The van der Waals surface area contributed by atoms with Gasteiger partial charge in [0.05, 0.1) is 18.3 Å². The maximum absolute atomic E-state index is 5.44. The van der Waals surface area contributed by atoms with Crippen molar-refractivity contribution in [1.29, 1.82) is 0 Å². The first-order valence-corrected chi connectivity index (χ1v) is 6.16. The summed E-state index contributed by atoms with van der Waals surface area (Å²) in [4.78, 5) is 4.39. The van der Waals surface area contributed by atoms with Crippen molar-refractivity contribution in [3.8, 4) is 5.75 Å². The number of rotatable bonds is 5. The zero-order valence-electron chi connectivity index (χ0n) is 10.8. The molecule has 0 aliphatic heterocycles. The highest BCUT2D eigenvalue weighted by molar-refractivity contribution is 5.33. The zero-order chi connectivity index (χ0) is 12.8. The van der Waals surface area contributed by atoms with Crippen LogP contribution in [0, 0.1) is 0 Å². The predicted molar refractivity (Wildman–Crippen MR) is 72.8 cm³/mol. The summed E-state index contributed by atoms with van der Waals surface area (Å²) in [5.41, 5.74) is 2.20. The summed E-state index contributed by atoms with van der Waals surface area (Å²) < 4.78 is 5.44. The Morgan fingerprint density at radius 1 is 1.17 bits per heavy atom. The van der Waals surface area contributed by atoms with Crippen LogP contribution < -0.4 is 10.1 Å². The number of aromatic nitrogens is 1. The van der Waals surface area contributed by atoms with Crippen LogP contribution in [0.3, 0.4) is 0 Å². The summed E-state index contributed by atoms with van der Waals surface area (Å²) in [6.07, 6.45) is 1.81. The van der Waals surface area contributed by atoms with E-state index < -0.39 is 0 Å². The molecule has 0 aliphatic carbocycles. The van der Waals surface area contributed by atoms with Crippen molar-refractivity contribution in [3.63, 3.8) is 0 Å². The van der Waals surface area contributed by atoms with Crippen LogP contribution in [0.4, 0.5) is 0 Å². The Balaban J connectivity index is 2.23. The highest BCUT2D eigenvalue weighted by atomic mass is 16.5. The number of hydrogen-bond acceptors (Lipinski definition) is 3. The molecule has 0 spiro atoms. The van der Waals surface area contributed by atoms with Gasteiger partial charge in [0.1, 0.15) is 5.75 Å². The van der Waals surface area contributed by atoms with Crippen LogP contribution in [-0.4, -0.2) is 18.6 Å². The Hall–Kier alpha value is -1.87. The van der Waals surface area contributed by atoms with Crippen LogP contribution in [0.1, 0.15) is 24.2 Å². The maximum atomic E-state index is 5.44. The molecule has 0 fully saturated rings. The van der Waals surface area contributed by atoms with E-state index in [1.807, 2.05) is 50.5 Å². The lowest BCUT2D eigenvalue weighted by molar-refractivity contribution is 0.340. The Labute approximate surface area is 108 Å². The molecule has 1 atom stereocenters. The third kappa shape index (κ3) is 2.87. The largest absolute Gasteiger partial charge is 0.494 e. The summed E-state index contributed by atoms with van der Waals surface area (Å²) in [6, 6.07) is 14.2. The number of pyridine rings is 1. The molecule has 0 bridgehead atoms. The van der Waals surface area contributed by atoms with E-state index in [0.29, 0.717) is 6.61 Å². The van der Waals surface area contributed by atoms with Crippen LogP contribution in [-0.2, 0) is 0 Å². The lowest BCUT2D eigenvalue weighted by Crippen LogP contribution is -2.18. The topological polar surface area (TPSA) is 34.1 Å². The van der Waals surface area contributed by atoms with Crippen LogP contribution in [0.15, 0.2) is 48.7 Å². The van der Waals surface area contributed by atoms with Gasteiger partial charge in [-0.2, -0.15) is 0 Å². The van der Waals surface area contributed by atoms with Gasteiger partial charge in [-0.3, -0.25) is 4.98 Å². The van der Waals surface area contributed by atoms with E-state index in [2.05, 4.69) is 22.4 Å². The normalized spacial score (nSPS) is 12.1. The summed E-state index contributed by atoms with van der Waals surface area (Å²) >= 11 is 0. The van der Waals surface area contributed by atoms with Crippen molar-refractivity contribution in [2.75, 3.05) is 13.7 Å². The Bertz CT molecular complexity index is 468. The third-order valence-electron chi connectivity index (χ3n) is 2.80. The van der Waals surface area contributed by atoms with E-state index in [-0.39, 0.29) is 6.04 Å². The molecule has 18 heavy (non-hydrogen) atoms. The minimum atomic E-state index is 0.113. The van der Waals surface area contributed by atoms with Crippen molar-refractivity contribution >= 4 is 0 Å². The molecule has 94 valence electrons. The second-order valence-corrected chi connectivity index (χ2v) is 3.98. The van der Waals surface area contributed by atoms with Crippen LogP contribution in [0.25, 0.3) is 0 Å². The first kappa shape index (κ1) is 12.6. The van der Waals surface area contributed by atoms with Crippen LogP contribution in [0.2, 0.25) is 0 Å². The number of nitrogens with zero attached hydrogens (tertiary/aromatic N) is 1. The molecule has 0 saturated carbocycles. The molecule has 1 aromatic carbocycles. The molecule has 1 aromatic heterocycles. The number of hydrogen-bond donors (Lipinski definition) is 1. The summed E-state index contributed by atoms with van der Waals surface area (Å²) in [5, 5.41) is 3.28. The second kappa shape index (κ2) is 6.17. The van der Waals surface area contributed by atoms with Gasteiger partial charge in [0.25, 0.3) is 0 Å². The van der Waals surface area contributed by atoms with Gasteiger partial charge < -0.3 is 10.1 Å². The minimum absolute atomic E-state index is 0.113. The monoisotopic (exact) mass is 242 g/mol. The predicted octanol–water partition coefficient (Wildman–Crippen LogP) is 2.79. The van der Waals surface area contributed by atoms with Gasteiger partial charge in [-0.25, -0.2) is 0 Å². The molecular weight excluding hydrogens is 224 g/mol. The third-order valence-corrected chi connectivity index (χ3v) is 2.80. The Kier molecular flexibility index (Phi) is 4.31. The number of ether oxygens (including phenoxy) is 1. The van der Waals surface area contributed by atoms with Gasteiger partial charge in [-0.05, 0) is 43.8 Å². The van der Waals surface area contributed by atoms with Gasteiger partial charge in [0.2, 0.25) is 0 Å². The fraction of sp³-hybridized carbons (Fsp3) is 0.267. The number of nitrogens with one attached hydrogen (secondary N) is 1. The van der Waals surface area contributed by atoms with E-state index in [4.69, 9.17) is 4.74 Å². The summed E-state index contributed by atoms with van der Waals surface area (Å²) in [5.74, 6) is 0.900. The molecule has 1 unspecified atom stereocenters. The van der Waals surface area contributed by atoms with Gasteiger partial charge in [-0.1, -0.05) is 18.2 Å². The molecule has 3 heteroatoms. The van der Waals surface area contributed by atoms with Gasteiger partial charge in [0.15, 0.2) is 0 Å². The van der Waals surface area contributed by atoms with E-state index in [1.165, 1.54) is 5.56 Å². The molecule has 0 amide bonds. The molecule has 1 heterocycles. The highest BCUT2D eigenvalue weighted by Gasteiger charge is 2.12. The average Bonchev–Trinajstić information content (AvgIpc) is 2.43. The first-order chi connectivity index (χ1) is 8.85. The van der Waals surface area contributed by atoms with Gasteiger partial charge >= 0.3 is 0 Å². The standard InChI is InChI=1S/C15H18N2O/c1-3-18-13-9-7-12(8-10-13)15(16-2)14-6-4-5-11-17-14/h4-11,15-16H,3H2,1-2H3. The Morgan fingerprint density at radius 2 is 1.94 bits per heavy atom. The van der Waals surface area contributed by atoms with Crippen molar-refractivity contribution in [1.82, 2.24) is 10.3 Å². The van der Waals surface area contributed by atoms with Crippen molar-refractivity contribution in [2.45, 2.75) is 13.0 Å². The van der Waals surface area contributed by atoms with Crippen molar-refractivity contribution in [3.05, 3.63) is 59.9 Å². The minimum Gasteiger partial charge on any atom is -0.494 e. The summed E-state index contributed by atoms with van der Waals surface area (Å²) in [6.45, 7) is 2.67. The zero-order valence-corrected chi connectivity index (χ0v) is 10.8. The second-order valence-electron chi connectivity index (χ2n) is 3.98. The van der Waals surface area contributed by atoms with Crippen molar-refractivity contribution in [2.24, 2.45) is 0 Å². The fourth-order valence-electron chi connectivity index (χ4n) is 1.96. The fourth-order valence-corrected chi connectivity index (χ4v) is 1.96. The van der Waals surface area contributed by atoms with E-state index in [1.54, 1.807) is 0 Å². The quantitative estimate of drug-likeness (QED) is 0.875. The van der Waals surface area contributed by atoms with Gasteiger partial charge in [-0.15, -0.1) is 0 Å². The molecule has 1 N–H and O–H groups in total. The molecule has 2 rings (SSSR count). The van der Waals surface area contributed by atoms with Gasteiger partial charge in [0, 0.05) is 6.20 Å². The lowest BCUT2D eigenvalue weighted by Gasteiger charge is -2.16. The summed E-state index contributed by atoms with van der Waals surface area (Å²) in [7, 11) is 1.94.